The van der Waals surface area contributed by atoms with Gasteiger partial charge in [-0.2, -0.15) is 0 Å². The molecule has 0 heterocycles. The molecule has 43 heavy (non-hydrogen) atoms. The maximum absolute atomic E-state index is 2.75. The van der Waals surface area contributed by atoms with E-state index in [-0.39, 0.29) is 24.8 Å². The maximum atomic E-state index is 2.75. The predicted octanol–water partition coefficient (Wildman–Crippen LogP) is 3.60. The van der Waals surface area contributed by atoms with Crippen LogP contribution in [0.1, 0.15) is 88.8 Å². The van der Waals surface area contributed by atoms with Crippen molar-refractivity contribution in [2.45, 2.75) is 78.6 Å². The molecule has 9 rings (SSSR count). The molecule has 0 N–H and O–H groups in total. The molecule has 0 radical (unpaired) electrons. The van der Waals surface area contributed by atoms with Crippen molar-refractivity contribution in [1.29, 1.82) is 0 Å². The minimum Gasteiger partial charge on any atom is -1.00 e. The molecule has 1 unspecified atom stereocenters. The summed E-state index contributed by atoms with van der Waals surface area (Å²) in [5, 5.41) is 0. The van der Waals surface area contributed by atoms with Gasteiger partial charge in [0, 0.05) is 0 Å². The summed E-state index contributed by atoms with van der Waals surface area (Å²) < 4.78 is 5.40. The minimum atomic E-state index is -2.49. The van der Waals surface area contributed by atoms with Crippen LogP contribution in [0.2, 0.25) is 0 Å². The zero-order valence-corrected chi connectivity index (χ0v) is 29.9. The Labute approximate surface area is 279 Å². The summed E-state index contributed by atoms with van der Waals surface area (Å²) in [4.78, 5) is 0. The van der Waals surface area contributed by atoms with Crippen LogP contribution in [0.25, 0.3) is 11.1 Å². The topological polar surface area (TPSA) is 0 Å². The number of benzene rings is 3. The summed E-state index contributed by atoms with van der Waals surface area (Å²) in [6.07, 6.45) is 15.5. The van der Waals surface area contributed by atoms with Crippen molar-refractivity contribution < 1.29 is 46.1 Å². The quantitative estimate of drug-likeness (QED) is 0.291. The van der Waals surface area contributed by atoms with Crippen molar-refractivity contribution in [2.75, 3.05) is 0 Å². The van der Waals surface area contributed by atoms with Gasteiger partial charge < -0.3 is 24.8 Å². The van der Waals surface area contributed by atoms with Crippen molar-refractivity contribution in [1.82, 2.24) is 0 Å². The Kier molecular flexibility index (Phi) is 9.03. The molecule has 0 aromatic heterocycles. The summed E-state index contributed by atoms with van der Waals surface area (Å²) in [5.74, 6) is 3.66. The van der Waals surface area contributed by atoms with E-state index in [0.29, 0.717) is 11.3 Å². The molecule has 3 aromatic carbocycles. The van der Waals surface area contributed by atoms with Gasteiger partial charge in [0.1, 0.15) is 0 Å². The molecular weight excluding hydrogens is 643 g/mol. The molecule has 0 spiro atoms. The van der Waals surface area contributed by atoms with Crippen LogP contribution in [0.3, 0.4) is 0 Å². The summed E-state index contributed by atoms with van der Waals surface area (Å²) in [6.45, 7) is 7.52. The average molecular weight is 687 g/mol. The first-order valence-corrected chi connectivity index (χ1v) is 20.1. The molecule has 4 saturated carbocycles. The number of hydrogen-bond acceptors (Lipinski definition) is 0. The molecule has 6 aliphatic carbocycles. The van der Waals surface area contributed by atoms with E-state index in [4.69, 9.17) is 0 Å². The molecule has 6 aliphatic rings. The SMILES string of the molecule is CC/[C](c1ccccc1)=[Zr+2](\[C]1=C(C)C(CC23CC4CC(CC(C4)C2)C3)=CC1C)[c]1cccc2c1Cc1ccccc1-2.[Cl-].[Cl-]. The van der Waals surface area contributed by atoms with Gasteiger partial charge in [-0.1, -0.05) is 0 Å². The molecule has 3 aromatic rings. The molecule has 4 bridgehead atoms. The molecule has 0 saturated heterocycles. The third-order valence-corrected chi connectivity index (χ3v) is 20.6. The largest absolute Gasteiger partial charge is 1.00 e. The van der Waals surface area contributed by atoms with E-state index < -0.39 is 21.3 Å². The first-order chi connectivity index (χ1) is 20.0. The Morgan fingerprint density at radius 1 is 0.791 bits per heavy atom. The Morgan fingerprint density at radius 2 is 1.42 bits per heavy atom. The zero-order chi connectivity index (χ0) is 27.7. The molecule has 222 valence electrons. The number of rotatable bonds is 6. The van der Waals surface area contributed by atoms with Gasteiger partial charge in [-0.25, -0.2) is 0 Å². The van der Waals surface area contributed by atoms with Crippen LogP contribution < -0.4 is 28.1 Å². The summed E-state index contributed by atoms with van der Waals surface area (Å²) in [5.41, 5.74) is 11.7. The maximum Gasteiger partial charge on any atom is -1.00 e. The third kappa shape index (κ3) is 5.39. The van der Waals surface area contributed by atoms with E-state index in [2.05, 4.69) is 99.6 Å². The fraction of sp³-hybridized carbons (Fsp3) is 0.425. The fourth-order valence-electron chi connectivity index (χ4n) is 10.6. The van der Waals surface area contributed by atoms with E-state index in [1.165, 1.54) is 47.9 Å². The summed E-state index contributed by atoms with van der Waals surface area (Å²) in [6, 6.07) is 28.0. The van der Waals surface area contributed by atoms with E-state index in [1.54, 1.807) is 42.4 Å². The van der Waals surface area contributed by atoms with E-state index in [0.717, 1.165) is 30.6 Å². The Balaban J connectivity index is 0.00000165. The van der Waals surface area contributed by atoms with Crippen LogP contribution in [-0.4, -0.2) is 3.21 Å². The Morgan fingerprint density at radius 3 is 2.09 bits per heavy atom. The van der Waals surface area contributed by atoms with Crippen molar-refractivity contribution in [3.63, 3.8) is 0 Å². The van der Waals surface area contributed by atoms with Gasteiger partial charge in [-0.15, -0.1) is 0 Å². The number of halogens is 2. The molecular formula is C40H44Cl2Zr. The first kappa shape index (κ1) is 31.5. The predicted molar refractivity (Wildman–Crippen MR) is 170 cm³/mol. The standard InChI is InChI=1S/C18H25.C13H9.C9H10.2ClH.Zr/c1-12-3-13(2)17(4-12)11-18-8-14-5-15(9-18)7-16(6-14)10-18;1-3-7-12-10(5-1)9-11-6-2-4-8-13(11)12;1-2-6-9-7-4-3-5-8-9;;;/h4,12,14-16H,5-11H2,1-2H3;1-5,7-8H,9H2;3-5,7-8H,2H2,1H3;2*1H;/q;;;;;+2/p-2. The summed E-state index contributed by atoms with van der Waals surface area (Å²) >= 11 is -2.49. The second kappa shape index (κ2) is 12.3. The van der Waals surface area contributed by atoms with Gasteiger partial charge in [0.2, 0.25) is 0 Å². The second-order valence-electron chi connectivity index (χ2n) is 14.4. The fourth-order valence-corrected chi connectivity index (χ4v) is 19.4. The van der Waals surface area contributed by atoms with E-state index >= 15 is 0 Å². The number of allylic oxidation sites excluding steroid dienone is 4. The summed E-state index contributed by atoms with van der Waals surface area (Å²) in [7, 11) is 0. The first-order valence-electron chi connectivity index (χ1n) is 16.4. The van der Waals surface area contributed by atoms with Gasteiger partial charge in [-0.3, -0.25) is 0 Å². The smallest absolute Gasteiger partial charge is 1.00 e. The van der Waals surface area contributed by atoms with Gasteiger partial charge >= 0.3 is 257 Å². The van der Waals surface area contributed by atoms with Crippen LogP contribution in [-0.2, 0) is 27.7 Å². The normalized spacial score (nSPS) is 28.1. The van der Waals surface area contributed by atoms with Crippen LogP contribution in [0.15, 0.2) is 93.3 Å². The van der Waals surface area contributed by atoms with Crippen LogP contribution in [0.4, 0.5) is 0 Å². The molecule has 0 nitrogen and oxygen atoms in total. The van der Waals surface area contributed by atoms with Crippen LogP contribution in [0, 0.1) is 29.1 Å². The second-order valence-corrected chi connectivity index (χ2v) is 20.3. The molecule has 0 amide bonds. The minimum absolute atomic E-state index is 0. The molecule has 4 fully saturated rings. The van der Waals surface area contributed by atoms with Gasteiger partial charge in [0.05, 0.1) is 0 Å². The third-order valence-electron chi connectivity index (χ3n) is 11.7. The van der Waals surface area contributed by atoms with Gasteiger partial charge in [0.15, 0.2) is 0 Å². The van der Waals surface area contributed by atoms with Crippen molar-refractivity contribution in [2.24, 2.45) is 29.1 Å². The van der Waals surface area contributed by atoms with Crippen LogP contribution in [0.5, 0.6) is 0 Å². The molecule has 1 atom stereocenters. The van der Waals surface area contributed by atoms with Crippen LogP contribution >= 0.6 is 0 Å². The number of fused-ring (bicyclic) bond motifs is 3. The van der Waals surface area contributed by atoms with E-state index in [9.17, 15) is 0 Å². The average Bonchev–Trinajstić information content (AvgIpc) is 3.47. The zero-order valence-electron chi connectivity index (χ0n) is 25.9. The Hall–Kier alpha value is -1.53. The monoisotopic (exact) mass is 684 g/mol. The van der Waals surface area contributed by atoms with E-state index in [1.807, 2.05) is 3.28 Å². The van der Waals surface area contributed by atoms with Crippen molar-refractivity contribution in [3.8, 4) is 11.1 Å². The van der Waals surface area contributed by atoms with Gasteiger partial charge in [-0.05, 0) is 0 Å². The number of hydrogen-bond donors (Lipinski definition) is 0. The van der Waals surface area contributed by atoms with Crippen molar-refractivity contribution >= 4 is 6.48 Å². The molecule has 3 heteroatoms. The van der Waals surface area contributed by atoms with Gasteiger partial charge in [0.25, 0.3) is 0 Å². The Bertz CT molecular complexity index is 1590. The molecule has 0 aliphatic heterocycles. The van der Waals surface area contributed by atoms with Crippen molar-refractivity contribution in [3.05, 3.63) is 110 Å².